The van der Waals surface area contributed by atoms with Gasteiger partial charge in [-0.25, -0.2) is 19.4 Å². The number of nitrogens with one attached hydrogen (secondary N) is 2. The third-order valence-electron chi connectivity index (χ3n) is 6.08. The number of aldehydes is 1. The summed E-state index contributed by atoms with van der Waals surface area (Å²) in [4.78, 5) is 30.6. The number of carbonyl (C=O) groups is 1. The van der Waals surface area contributed by atoms with Gasteiger partial charge in [-0.05, 0) is 43.3 Å². The Morgan fingerprint density at radius 3 is 2.62 bits per heavy atom. The minimum atomic E-state index is -1.27. The van der Waals surface area contributed by atoms with Crippen molar-refractivity contribution in [2.45, 2.75) is 13.0 Å². The number of anilines is 3. The molecular formula is C28H26F2N8O2. The number of benzene rings is 2. The number of carbonyl (C=O) groups excluding carboxylic acids is 1. The van der Waals surface area contributed by atoms with Crippen LogP contribution in [0.4, 0.5) is 31.8 Å². The number of para-hydroxylation sites is 1. The molecular weight excluding hydrogens is 518 g/mol. The summed E-state index contributed by atoms with van der Waals surface area (Å²) in [6, 6.07) is 12.3. The summed E-state index contributed by atoms with van der Waals surface area (Å²) in [5.74, 6) is -2.36. The minimum Gasteiger partial charge on any atom is -0.494 e. The first kappa shape index (κ1) is 27.8. The van der Waals surface area contributed by atoms with E-state index in [1.54, 1.807) is 61.6 Å². The minimum absolute atomic E-state index is 0.0329. The van der Waals surface area contributed by atoms with Crippen LogP contribution < -0.4 is 20.7 Å². The SMILES string of the molecule is COc1ccc(C(=N)c2c(N)ncnc2NC(C)/C(=N/c2ccccc2C=O)N(C)c2cccnc2)c(F)c1F. The van der Waals surface area contributed by atoms with Crippen LogP contribution in [0.25, 0.3) is 0 Å². The molecule has 0 aliphatic rings. The summed E-state index contributed by atoms with van der Waals surface area (Å²) in [7, 11) is 2.99. The third-order valence-corrected chi connectivity index (χ3v) is 6.08. The third kappa shape index (κ3) is 5.60. The molecule has 4 aromatic rings. The van der Waals surface area contributed by atoms with Crippen LogP contribution in [0, 0.1) is 17.0 Å². The lowest BCUT2D eigenvalue weighted by molar-refractivity contribution is 0.112. The standard InChI is InChI=1S/C28H26F2N8O2/c1-16(28(38(2)18-8-6-12-33-13-18)37-20-9-5-4-7-17(20)14-39)36-27-22(26(32)34-15-35-27)25(31)19-10-11-21(40-3)24(30)23(19)29/h4-16,31H,1-3H3,(H3,32,34,35,36)/b31-25?,37-28-. The van der Waals surface area contributed by atoms with E-state index in [9.17, 15) is 13.6 Å². The van der Waals surface area contributed by atoms with Gasteiger partial charge in [-0.15, -0.1) is 0 Å². The van der Waals surface area contributed by atoms with Crippen molar-refractivity contribution in [2.24, 2.45) is 4.99 Å². The maximum atomic E-state index is 14.9. The van der Waals surface area contributed by atoms with Crippen LogP contribution in [0.15, 0.2) is 72.2 Å². The Labute approximate surface area is 229 Å². The average Bonchev–Trinajstić information content (AvgIpc) is 2.97. The maximum Gasteiger partial charge on any atom is 0.201 e. The highest BCUT2D eigenvalue weighted by atomic mass is 19.2. The number of aliphatic imine (C=N–C) groups is 1. The van der Waals surface area contributed by atoms with Crippen molar-refractivity contribution in [3.05, 3.63) is 95.6 Å². The highest BCUT2D eigenvalue weighted by molar-refractivity contribution is 6.16. The highest BCUT2D eigenvalue weighted by Crippen LogP contribution is 2.28. The van der Waals surface area contributed by atoms with Gasteiger partial charge in [-0.3, -0.25) is 15.2 Å². The number of hydrogen-bond donors (Lipinski definition) is 3. The van der Waals surface area contributed by atoms with Crippen molar-refractivity contribution in [3.63, 3.8) is 0 Å². The Bertz CT molecular complexity index is 1580. The number of ether oxygens (including phenoxy) is 1. The monoisotopic (exact) mass is 544 g/mol. The van der Waals surface area contributed by atoms with Crippen LogP contribution in [0.2, 0.25) is 0 Å². The number of nitrogen functional groups attached to an aromatic ring is 1. The van der Waals surface area contributed by atoms with E-state index in [2.05, 4.69) is 20.3 Å². The summed E-state index contributed by atoms with van der Waals surface area (Å²) < 4.78 is 34.2. The zero-order chi connectivity index (χ0) is 28.8. The molecule has 0 spiro atoms. The topological polar surface area (TPSA) is 142 Å². The number of methoxy groups -OCH3 is 1. The van der Waals surface area contributed by atoms with Gasteiger partial charge < -0.3 is 20.7 Å². The first-order chi connectivity index (χ1) is 19.3. The lowest BCUT2D eigenvalue weighted by Gasteiger charge is -2.27. The van der Waals surface area contributed by atoms with Crippen molar-refractivity contribution < 1.29 is 18.3 Å². The van der Waals surface area contributed by atoms with Gasteiger partial charge in [0.1, 0.15) is 23.8 Å². The van der Waals surface area contributed by atoms with Crippen LogP contribution >= 0.6 is 0 Å². The first-order valence-corrected chi connectivity index (χ1v) is 12.0. The fraction of sp³-hybridized carbons (Fsp3) is 0.143. The van der Waals surface area contributed by atoms with E-state index in [1.807, 2.05) is 6.07 Å². The van der Waals surface area contributed by atoms with Gasteiger partial charge in [0.05, 0.1) is 42.0 Å². The van der Waals surface area contributed by atoms with Crippen molar-refractivity contribution in [1.29, 1.82) is 5.41 Å². The predicted molar refractivity (Wildman–Crippen MR) is 150 cm³/mol. The number of likely N-dealkylation sites (N-methyl/N-ethyl adjacent to an activating group) is 1. The van der Waals surface area contributed by atoms with Gasteiger partial charge in [-0.1, -0.05) is 12.1 Å². The molecule has 0 saturated heterocycles. The Morgan fingerprint density at radius 2 is 1.93 bits per heavy atom. The molecule has 2 heterocycles. The van der Waals surface area contributed by atoms with Gasteiger partial charge in [0.15, 0.2) is 17.9 Å². The molecule has 1 atom stereocenters. The Balaban J connectivity index is 1.78. The maximum absolute atomic E-state index is 14.9. The van der Waals surface area contributed by atoms with E-state index < -0.39 is 23.4 Å². The van der Waals surface area contributed by atoms with Gasteiger partial charge in [0, 0.05) is 24.4 Å². The molecule has 0 aliphatic heterocycles. The first-order valence-electron chi connectivity index (χ1n) is 12.0. The number of pyridine rings is 1. The highest BCUT2D eigenvalue weighted by Gasteiger charge is 2.25. The number of rotatable bonds is 9. The van der Waals surface area contributed by atoms with Gasteiger partial charge in [0.25, 0.3) is 0 Å². The van der Waals surface area contributed by atoms with E-state index in [0.717, 1.165) is 0 Å². The number of amidine groups is 1. The molecule has 2 aromatic heterocycles. The molecule has 0 fully saturated rings. The van der Waals surface area contributed by atoms with Crippen molar-refractivity contribution in [3.8, 4) is 5.75 Å². The summed E-state index contributed by atoms with van der Waals surface area (Å²) in [6.07, 6.45) is 5.19. The van der Waals surface area contributed by atoms with Crippen LogP contribution in [0.1, 0.15) is 28.4 Å². The van der Waals surface area contributed by atoms with Crippen LogP contribution in [-0.2, 0) is 0 Å². The van der Waals surface area contributed by atoms with Gasteiger partial charge >= 0.3 is 0 Å². The normalized spacial score (nSPS) is 12.0. The lowest BCUT2D eigenvalue weighted by Crippen LogP contribution is -2.40. The number of halogens is 2. The molecule has 0 aliphatic carbocycles. The molecule has 204 valence electrons. The zero-order valence-corrected chi connectivity index (χ0v) is 21.9. The second-order valence-corrected chi connectivity index (χ2v) is 8.58. The van der Waals surface area contributed by atoms with Crippen molar-refractivity contribution >= 4 is 40.8 Å². The van der Waals surface area contributed by atoms with E-state index in [1.165, 1.54) is 25.6 Å². The summed E-state index contributed by atoms with van der Waals surface area (Å²) in [5, 5.41) is 11.9. The van der Waals surface area contributed by atoms with E-state index in [4.69, 9.17) is 20.9 Å². The molecule has 4 rings (SSSR count). The van der Waals surface area contributed by atoms with Crippen LogP contribution in [0.5, 0.6) is 5.75 Å². The lowest BCUT2D eigenvalue weighted by atomic mass is 10.0. The Kier molecular flexibility index (Phi) is 8.38. The molecule has 4 N–H and O–H groups in total. The predicted octanol–water partition coefficient (Wildman–Crippen LogP) is 4.64. The molecule has 2 aromatic carbocycles. The fourth-order valence-electron chi connectivity index (χ4n) is 4.00. The van der Waals surface area contributed by atoms with Crippen molar-refractivity contribution in [1.82, 2.24) is 15.0 Å². The molecule has 40 heavy (non-hydrogen) atoms. The average molecular weight is 545 g/mol. The van der Waals surface area contributed by atoms with Crippen LogP contribution in [0.3, 0.4) is 0 Å². The largest absolute Gasteiger partial charge is 0.494 e. The Morgan fingerprint density at radius 1 is 1.15 bits per heavy atom. The fourth-order valence-corrected chi connectivity index (χ4v) is 4.00. The number of nitrogens with two attached hydrogens (primary N) is 1. The summed E-state index contributed by atoms with van der Waals surface area (Å²) in [6.45, 7) is 1.79. The van der Waals surface area contributed by atoms with Crippen molar-refractivity contribution in [2.75, 3.05) is 30.1 Å². The molecule has 0 saturated carbocycles. The molecule has 12 heteroatoms. The molecule has 1 unspecified atom stereocenters. The molecule has 0 radical (unpaired) electrons. The second kappa shape index (κ2) is 12.1. The smallest absolute Gasteiger partial charge is 0.201 e. The molecule has 0 amide bonds. The number of aromatic nitrogens is 3. The van der Waals surface area contributed by atoms with Crippen LogP contribution in [-0.4, -0.2) is 53.0 Å². The van der Waals surface area contributed by atoms with E-state index in [-0.39, 0.29) is 28.5 Å². The number of nitrogens with zero attached hydrogens (tertiary/aromatic N) is 5. The van der Waals surface area contributed by atoms with E-state index in [0.29, 0.717) is 29.1 Å². The summed E-state index contributed by atoms with van der Waals surface area (Å²) in [5.41, 5.74) is 6.82. The number of hydrogen-bond acceptors (Lipinski definition) is 9. The van der Waals surface area contributed by atoms with Gasteiger partial charge in [0.2, 0.25) is 5.82 Å². The Hall–Kier alpha value is -5.26. The van der Waals surface area contributed by atoms with Gasteiger partial charge in [-0.2, -0.15) is 4.39 Å². The van der Waals surface area contributed by atoms with E-state index >= 15 is 0 Å². The molecule has 0 bridgehead atoms. The molecule has 10 nitrogen and oxygen atoms in total. The quantitative estimate of drug-likeness (QED) is 0.157. The summed E-state index contributed by atoms with van der Waals surface area (Å²) >= 11 is 0. The zero-order valence-electron chi connectivity index (χ0n) is 21.9. The second-order valence-electron chi connectivity index (χ2n) is 8.58.